The van der Waals surface area contributed by atoms with Crippen LogP contribution in [0.25, 0.3) is 0 Å². The number of amides is 1. The summed E-state index contributed by atoms with van der Waals surface area (Å²) in [5.74, 6) is -1.21. The minimum atomic E-state index is -0.713. The van der Waals surface area contributed by atoms with Gasteiger partial charge in [-0.25, -0.2) is 4.39 Å². The molecule has 1 heterocycles. The molecule has 3 rings (SSSR count). The van der Waals surface area contributed by atoms with Crippen molar-refractivity contribution in [1.82, 2.24) is 5.32 Å². The first-order valence-electron chi connectivity index (χ1n) is 8.13. The molecule has 1 aliphatic heterocycles. The first-order valence-corrected chi connectivity index (χ1v) is 8.51. The Hall–Kier alpha value is -1.95. The van der Waals surface area contributed by atoms with Crippen LogP contribution in [-0.4, -0.2) is 31.3 Å². The second kappa shape index (κ2) is 8.43. The maximum atomic E-state index is 14.0. The second-order valence-corrected chi connectivity index (χ2v) is 6.29. The van der Waals surface area contributed by atoms with E-state index in [-0.39, 0.29) is 22.7 Å². The summed E-state index contributed by atoms with van der Waals surface area (Å²) >= 11 is 5.75. The Balaban J connectivity index is 1.64. The molecule has 1 aliphatic rings. The molecule has 2 aromatic rings. The van der Waals surface area contributed by atoms with Crippen LogP contribution in [0.1, 0.15) is 22.3 Å². The van der Waals surface area contributed by atoms with Crippen LogP contribution in [0.15, 0.2) is 48.5 Å². The molecule has 4 nitrogen and oxygen atoms in total. The molecule has 0 saturated carbocycles. The van der Waals surface area contributed by atoms with Gasteiger partial charge in [0.1, 0.15) is 6.10 Å². The van der Waals surface area contributed by atoms with Gasteiger partial charge in [0, 0.05) is 6.61 Å². The maximum Gasteiger partial charge on any atom is 0.254 e. The molecule has 1 amide bonds. The highest BCUT2D eigenvalue weighted by Gasteiger charge is 2.29. The number of hydrogen-bond donors (Lipinski definition) is 1. The molecule has 1 N–H and O–H groups in total. The lowest BCUT2D eigenvalue weighted by Gasteiger charge is -2.32. The fraction of sp³-hybridized carbons (Fsp3) is 0.316. The van der Waals surface area contributed by atoms with Crippen molar-refractivity contribution in [2.75, 3.05) is 13.2 Å². The quantitative estimate of drug-likeness (QED) is 0.883. The summed E-state index contributed by atoms with van der Waals surface area (Å²) in [5.41, 5.74) is 0.972. The smallest absolute Gasteiger partial charge is 0.254 e. The van der Waals surface area contributed by atoms with Gasteiger partial charge in [-0.15, -0.1) is 0 Å². The number of hydrogen-bond acceptors (Lipinski definition) is 3. The number of ether oxygens (including phenoxy) is 2. The maximum absolute atomic E-state index is 14.0. The lowest BCUT2D eigenvalue weighted by molar-refractivity contribution is -0.0736. The molecule has 25 heavy (non-hydrogen) atoms. The van der Waals surface area contributed by atoms with Crippen molar-refractivity contribution >= 4 is 17.5 Å². The first kappa shape index (κ1) is 17.9. The largest absolute Gasteiger partial charge is 0.379 e. The van der Waals surface area contributed by atoms with E-state index in [0.29, 0.717) is 26.2 Å². The molecule has 0 bridgehead atoms. The Kier molecular flexibility index (Phi) is 6.02. The van der Waals surface area contributed by atoms with Gasteiger partial charge in [-0.2, -0.15) is 0 Å². The molecule has 6 heteroatoms. The highest BCUT2D eigenvalue weighted by molar-refractivity contribution is 6.31. The molecule has 2 atom stereocenters. The average molecular weight is 364 g/mol. The van der Waals surface area contributed by atoms with E-state index in [1.165, 1.54) is 12.1 Å². The Morgan fingerprint density at radius 3 is 2.84 bits per heavy atom. The predicted octanol–water partition coefficient (Wildman–Crippen LogP) is 3.58. The Morgan fingerprint density at radius 1 is 1.24 bits per heavy atom. The summed E-state index contributed by atoms with van der Waals surface area (Å²) in [6.45, 7) is 1.33. The van der Waals surface area contributed by atoms with E-state index < -0.39 is 11.7 Å². The standard InChI is InChI=1S/C19H19ClFNO3/c20-15-8-4-7-14(18(15)21)19(23)22-16-9-10-24-12-17(16)25-11-13-5-2-1-3-6-13/h1-8,16-17H,9-12H2,(H,22,23)/t16-,17-/m1/s1. The van der Waals surface area contributed by atoms with Crippen LogP contribution in [0.3, 0.4) is 0 Å². The third-order valence-corrected chi connectivity index (χ3v) is 4.42. The van der Waals surface area contributed by atoms with Crippen molar-refractivity contribution in [3.8, 4) is 0 Å². The zero-order valence-corrected chi connectivity index (χ0v) is 14.3. The molecule has 0 spiro atoms. The van der Waals surface area contributed by atoms with Gasteiger partial charge >= 0.3 is 0 Å². The third-order valence-electron chi connectivity index (χ3n) is 4.12. The van der Waals surface area contributed by atoms with E-state index in [4.69, 9.17) is 21.1 Å². The topological polar surface area (TPSA) is 47.6 Å². The average Bonchev–Trinajstić information content (AvgIpc) is 2.64. The number of rotatable bonds is 5. The summed E-state index contributed by atoms with van der Waals surface area (Å²) in [6.07, 6.45) is 0.313. The molecule has 0 unspecified atom stereocenters. The van der Waals surface area contributed by atoms with Crippen molar-refractivity contribution < 1.29 is 18.7 Å². The zero-order chi connectivity index (χ0) is 17.6. The number of carbonyl (C=O) groups is 1. The highest BCUT2D eigenvalue weighted by atomic mass is 35.5. The van der Waals surface area contributed by atoms with Gasteiger partial charge in [0.05, 0.1) is 29.8 Å². The van der Waals surface area contributed by atoms with Gasteiger partial charge in [-0.05, 0) is 24.1 Å². The fourth-order valence-electron chi connectivity index (χ4n) is 2.74. The van der Waals surface area contributed by atoms with Gasteiger partial charge in [-0.1, -0.05) is 48.0 Å². The lowest BCUT2D eigenvalue weighted by Crippen LogP contribution is -2.50. The second-order valence-electron chi connectivity index (χ2n) is 5.88. The van der Waals surface area contributed by atoms with Crippen LogP contribution in [0.5, 0.6) is 0 Å². The summed E-state index contributed by atoms with van der Waals surface area (Å²) in [4.78, 5) is 12.4. The predicted molar refractivity (Wildman–Crippen MR) is 93.1 cm³/mol. The molecule has 0 aromatic heterocycles. The molecule has 1 saturated heterocycles. The van der Waals surface area contributed by atoms with Crippen molar-refractivity contribution in [3.05, 3.63) is 70.5 Å². The van der Waals surface area contributed by atoms with Crippen LogP contribution in [0, 0.1) is 5.82 Å². The van der Waals surface area contributed by atoms with E-state index in [1.807, 2.05) is 30.3 Å². The Morgan fingerprint density at radius 2 is 2.04 bits per heavy atom. The van der Waals surface area contributed by atoms with E-state index in [9.17, 15) is 9.18 Å². The van der Waals surface area contributed by atoms with E-state index >= 15 is 0 Å². The van der Waals surface area contributed by atoms with Crippen LogP contribution in [0.2, 0.25) is 5.02 Å². The molecule has 0 radical (unpaired) electrons. The highest BCUT2D eigenvalue weighted by Crippen LogP contribution is 2.19. The van der Waals surface area contributed by atoms with Crippen molar-refractivity contribution in [2.45, 2.75) is 25.2 Å². The summed E-state index contributed by atoms with van der Waals surface area (Å²) in [7, 11) is 0. The molecule has 0 aliphatic carbocycles. The van der Waals surface area contributed by atoms with Crippen LogP contribution in [-0.2, 0) is 16.1 Å². The third kappa shape index (κ3) is 4.57. The van der Waals surface area contributed by atoms with Gasteiger partial charge in [0.15, 0.2) is 5.82 Å². The summed E-state index contributed by atoms with van der Waals surface area (Å²) < 4.78 is 25.4. The molecule has 132 valence electrons. The number of benzene rings is 2. The minimum absolute atomic E-state index is 0.0687. The zero-order valence-electron chi connectivity index (χ0n) is 13.6. The molecular weight excluding hydrogens is 345 g/mol. The van der Waals surface area contributed by atoms with E-state index in [0.717, 1.165) is 5.56 Å². The number of nitrogens with one attached hydrogen (secondary N) is 1. The minimum Gasteiger partial charge on any atom is -0.379 e. The SMILES string of the molecule is O=C(N[C@@H]1CCOC[C@H]1OCc1ccccc1)c1cccc(Cl)c1F. The molecular formula is C19H19ClFNO3. The molecule has 1 fully saturated rings. The number of carbonyl (C=O) groups excluding carboxylic acids is 1. The van der Waals surface area contributed by atoms with Crippen molar-refractivity contribution in [1.29, 1.82) is 0 Å². The fourth-order valence-corrected chi connectivity index (χ4v) is 2.92. The summed E-state index contributed by atoms with van der Waals surface area (Å²) in [5, 5.41) is 2.77. The van der Waals surface area contributed by atoms with Gasteiger partial charge in [0.25, 0.3) is 5.91 Å². The van der Waals surface area contributed by atoms with Crippen LogP contribution in [0.4, 0.5) is 4.39 Å². The van der Waals surface area contributed by atoms with E-state index in [1.54, 1.807) is 6.07 Å². The van der Waals surface area contributed by atoms with Gasteiger partial charge in [0.2, 0.25) is 0 Å². The Bertz CT molecular complexity index is 726. The number of halogens is 2. The normalized spacial score (nSPS) is 20.2. The van der Waals surface area contributed by atoms with Gasteiger partial charge < -0.3 is 14.8 Å². The van der Waals surface area contributed by atoms with Crippen LogP contribution < -0.4 is 5.32 Å². The molecule has 2 aromatic carbocycles. The van der Waals surface area contributed by atoms with E-state index in [2.05, 4.69) is 5.32 Å². The summed E-state index contributed by atoms with van der Waals surface area (Å²) in [6, 6.07) is 13.9. The first-order chi connectivity index (χ1) is 12.1. The van der Waals surface area contributed by atoms with Crippen molar-refractivity contribution in [2.24, 2.45) is 0 Å². The van der Waals surface area contributed by atoms with Gasteiger partial charge in [-0.3, -0.25) is 4.79 Å². The lowest BCUT2D eigenvalue weighted by atomic mass is 10.0. The Labute approximate surface area is 150 Å². The van der Waals surface area contributed by atoms with Crippen molar-refractivity contribution in [3.63, 3.8) is 0 Å². The monoisotopic (exact) mass is 363 g/mol. The van der Waals surface area contributed by atoms with Crippen LogP contribution >= 0.6 is 11.6 Å².